The number of benzene rings is 1. The second-order valence-electron chi connectivity index (χ2n) is 7.65. The summed E-state index contributed by atoms with van der Waals surface area (Å²) in [6.07, 6.45) is 5.32. The Morgan fingerprint density at radius 2 is 2.00 bits per heavy atom. The third kappa shape index (κ3) is 2.56. The van der Waals surface area contributed by atoms with Gasteiger partial charge in [0.25, 0.3) is 0 Å². The van der Waals surface area contributed by atoms with Gasteiger partial charge in [-0.1, -0.05) is 49.6 Å². The Hall–Kier alpha value is -1.35. The molecule has 1 heterocycles. The summed E-state index contributed by atoms with van der Waals surface area (Å²) in [5.74, 6) is 0.341. The van der Waals surface area contributed by atoms with Crippen LogP contribution in [-0.2, 0) is 10.2 Å². The molecule has 2 N–H and O–H groups in total. The number of carbonyl (C=O) groups excluding carboxylic acids is 1. The molecule has 22 heavy (non-hydrogen) atoms. The Labute approximate surface area is 133 Å². The van der Waals surface area contributed by atoms with Gasteiger partial charge < -0.3 is 10.6 Å². The second kappa shape index (κ2) is 5.69. The van der Waals surface area contributed by atoms with Crippen molar-refractivity contribution in [3.63, 3.8) is 0 Å². The van der Waals surface area contributed by atoms with Crippen molar-refractivity contribution >= 4 is 5.91 Å². The SMILES string of the molecule is Cc1cccc(C2(C(=O)N3CCC(C)(CN)C3)CCCC2)c1. The third-order valence-electron chi connectivity index (χ3n) is 5.78. The molecule has 0 bridgehead atoms. The highest BCUT2D eigenvalue weighted by Gasteiger charge is 2.47. The van der Waals surface area contributed by atoms with Crippen molar-refractivity contribution in [2.24, 2.45) is 11.1 Å². The van der Waals surface area contributed by atoms with Crippen molar-refractivity contribution in [1.82, 2.24) is 4.90 Å². The van der Waals surface area contributed by atoms with E-state index in [4.69, 9.17) is 5.73 Å². The van der Waals surface area contributed by atoms with Crippen LogP contribution in [0.1, 0.15) is 50.2 Å². The maximum absolute atomic E-state index is 13.4. The van der Waals surface area contributed by atoms with Gasteiger partial charge in [0, 0.05) is 13.1 Å². The molecular weight excluding hydrogens is 272 g/mol. The summed E-state index contributed by atoms with van der Waals surface area (Å²) in [6.45, 7) is 6.65. The van der Waals surface area contributed by atoms with E-state index in [1.54, 1.807) is 0 Å². The third-order valence-corrected chi connectivity index (χ3v) is 5.78. The molecule has 1 saturated heterocycles. The lowest BCUT2D eigenvalue weighted by molar-refractivity contribution is -0.136. The number of nitrogens with zero attached hydrogens (tertiary/aromatic N) is 1. The molecule has 1 aromatic rings. The fourth-order valence-electron chi connectivity index (χ4n) is 4.21. The Kier molecular flexibility index (Phi) is 4.02. The van der Waals surface area contributed by atoms with E-state index in [9.17, 15) is 4.79 Å². The molecule has 1 aromatic carbocycles. The molecule has 1 aliphatic heterocycles. The van der Waals surface area contributed by atoms with Gasteiger partial charge in [0.05, 0.1) is 5.41 Å². The average molecular weight is 300 g/mol. The lowest BCUT2D eigenvalue weighted by Crippen LogP contribution is -2.45. The van der Waals surface area contributed by atoms with Crippen molar-refractivity contribution < 1.29 is 4.79 Å². The van der Waals surface area contributed by atoms with E-state index in [2.05, 4.69) is 43.0 Å². The molecule has 3 nitrogen and oxygen atoms in total. The van der Waals surface area contributed by atoms with E-state index < -0.39 is 0 Å². The summed E-state index contributed by atoms with van der Waals surface area (Å²) >= 11 is 0. The molecule has 1 aliphatic carbocycles. The molecule has 1 unspecified atom stereocenters. The quantitative estimate of drug-likeness (QED) is 0.932. The van der Waals surface area contributed by atoms with Crippen LogP contribution in [0.15, 0.2) is 24.3 Å². The van der Waals surface area contributed by atoms with Crippen LogP contribution in [0.3, 0.4) is 0 Å². The van der Waals surface area contributed by atoms with Crippen LogP contribution in [0.5, 0.6) is 0 Å². The first-order valence-corrected chi connectivity index (χ1v) is 8.56. The van der Waals surface area contributed by atoms with Gasteiger partial charge in [-0.2, -0.15) is 0 Å². The first-order valence-electron chi connectivity index (χ1n) is 8.56. The lowest BCUT2D eigenvalue weighted by atomic mass is 9.77. The number of carbonyl (C=O) groups is 1. The minimum Gasteiger partial charge on any atom is -0.341 e. The van der Waals surface area contributed by atoms with E-state index in [1.165, 1.54) is 11.1 Å². The highest BCUT2D eigenvalue weighted by atomic mass is 16.2. The highest BCUT2D eigenvalue weighted by Crippen LogP contribution is 2.44. The molecule has 2 aliphatic rings. The van der Waals surface area contributed by atoms with Gasteiger partial charge in [0.2, 0.25) is 5.91 Å². The van der Waals surface area contributed by atoms with Gasteiger partial charge >= 0.3 is 0 Å². The Morgan fingerprint density at radius 3 is 2.59 bits per heavy atom. The topological polar surface area (TPSA) is 46.3 Å². The molecule has 0 aromatic heterocycles. The molecule has 1 saturated carbocycles. The van der Waals surface area contributed by atoms with Crippen LogP contribution in [0.25, 0.3) is 0 Å². The maximum Gasteiger partial charge on any atom is 0.233 e. The Balaban J connectivity index is 1.90. The highest BCUT2D eigenvalue weighted by molar-refractivity contribution is 5.89. The molecule has 120 valence electrons. The fraction of sp³-hybridized carbons (Fsp3) is 0.632. The van der Waals surface area contributed by atoms with Crippen molar-refractivity contribution in [3.05, 3.63) is 35.4 Å². The molecule has 1 amide bonds. The van der Waals surface area contributed by atoms with E-state index in [-0.39, 0.29) is 10.8 Å². The number of hydrogen-bond donors (Lipinski definition) is 1. The van der Waals surface area contributed by atoms with Crippen LogP contribution < -0.4 is 5.73 Å². The molecule has 0 spiro atoms. The minimum absolute atomic E-state index is 0.0993. The number of aryl methyl sites for hydroxylation is 1. The number of amides is 1. The summed E-state index contributed by atoms with van der Waals surface area (Å²) < 4.78 is 0. The first-order chi connectivity index (χ1) is 10.5. The smallest absolute Gasteiger partial charge is 0.233 e. The zero-order valence-electron chi connectivity index (χ0n) is 13.9. The standard InChI is InChI=1S/C19H28N2O/c1-15-6-5-7-16(12-15)19(8-3-4-9-19)17(22)21-11-10-18(2,13-20)14-21/h5-7,12H,3-4,8-11,13-14,20H2,1-2H3. The van der Waals surface area contributed by atoms with Gasteiger partial charge in [-0.15, -0.1) is 0 Å². The van der Waals surface area contributed by atoms with Gasteiger partial charge in [-0.05, 0) is 43.7 Å². The maximum atomic E-state index is 13.4. The van der Waals surface area contributed by atoms with Crippen LogP contribution in [0.4, 0.5) is 0 Å². The van der Waals surface area contributed by atoms with Crippen LogP contribution in [0.2, 0.25) is 0 Å². The van der Waals surface area contributed by atoms with Gasteiger partial charge in [0.15, 0.2) is 0 Å². The van der Waals surface area contributed by atoms with E-state index in [1.807, 2.05) is 0 Å². The van der Waals surface area contributed by atoms with Crippen LogP contribution in [-0.4, -0.2) is 30.4 Å². The summed E-state index contributed by atoms with van der Waals surface area (Å²) in [5, 5.41) is 0. The molecule has 3 heteroatoms. The van der Waals surface area contributed by atoms with E-state index >= 15 is 0 Å². The molecular formula is C19H28N2O. The fourth-order valence-corrected chi connectivity index (χ4v) is 4.21. The first kappa shape index (κ1) is 15.5. The van der Waals surface area contributed by atoms with E-state index in [0.717, 1.165) is 45.2 Å². The molecule has 1 atom stereocenters. The normalized spacial score (nSPS) is 27.3. The van der Waals surface area contributed by atoms with Crippen LogP contribution in [0, 0.1) is 12.3 Å². The van der Waals surface area contributed by atoms with Crippen molar-refractivity contribution in [3.8, 4) is 0 Å². The molecule has 2 fully saturated rings. The predicted octanol–water partition coefficient (Wildman–Crippen LogP) is 3.00. The number of nitrogens with two attached hydrogens (primary N) is 1. The number of hydrogen-bond acceptors (Lipinski definition) is 2. The van der Waals surface area contributed by atoms with Crippen molar-refractivity contribution in [2.75, 3.05) is 19.6 Å². The zero-order valence-corrected chi connectivity index (χ0v) is 13.9. The van der Waals surface area contributed by atoms with Crippen LogP contribution >= 0.6 is 0 Å². The van der Waals surface area contributed by atoms with Gasteiger partial charge in [-0.3, -0.25) is 4.79 Å². The minimum atomic E-state index is -0.286. The Morgan fingerprint density at radius 1 is 1.27 bits per heavy atom. The summed E-state index contributed by atoms with van der Waals surface area (Å²) in [4.78, 5) is 15.5. The van der Waals surface area contributed by atoms with E-state index in [0.29, 0.717) is 12.5 Å². The summed E-state index contributed by atoms with van der Waals surface area (Å²) in [6, 6.07) is 8.56. The lowest BCUT2D eigenvalue weighted by Gasteiger charge is -2.34. The predicted molar refractivity (Wildman–Crippen MR) is 89.7 cm³/mol. The van der Waals surface area contributed by atoms with Crippen molar-refractivity contribution in [1.29, 1.82) is 0 Å². The molecule has 0 radical (unpaired) electrons. The zero-order chi connectivity index (χ0) is 15.8. The molecule has 3 rings (SSSR count). The Bertz CT molecular complexity index is 562. The summed E-state index contributed by atoms with van der Waals surface area (Å²) in [7, 11) is 0. The average Bonchev–Trinajstić information content (AvgIpc) is 3.15. The largest absolute Gasteiger partial charge is 0.341 e. The second-order valence-corrected chi connectivity index (χ2v) is 7.65. The number of likely N-dealkylation sites (tertiary alicyclic amines) is 1. The summed E-state index contributed by atoms with van der Waals surface area (Å²) in [5.41, 5.74) is 8.18. The number of rotatable bonds is 3. The van der Waals surface area contributed by atoms with Gasteiger partial charge in [-0.25, -0.2) is 0 Å². The van der Waals surface area contributed by atoms with Crippen molar-refractivity contribution in [2.45, 2.75) is 51.4 Å². The van der Waals surface area contributed by atoms with Gasteiger partial charge in [0.1, 0.15) is 0 Å². The monoisotopic (exact) mass is 300 g/mol.